The number of morpholine rings is 1. The number of halogens is 1. The number of carbonyl (C=O) groups excluding carboxylic acids is 4. The van der Waals surface area contributed by atoms with Crippen molar-refractivity contribution in [2.75, 3.05) is 48.0 Å². The van der Waals surface area contributed by atoms with Crippen LogP contribution in [-0.2, 0) is 25.7 Å². The standard InChI is InChI=1S/C36H33ClN4O5/c1-24-6-2-3-7-26(24)22-41(32(42)23-40-31-9-5-4-8-30(31)34(43)36(40)45)33(25-10-12-27(37)13-11-25)35(44)38-28-14-16-29(17-15-28)39-18-20-46-21-19-39/h2-17,33H,18-23H2,1H3,(H,38,44). The number of Topliss-reactive ketones (excluding diaryl/α,β-unsaturated/α-hetero) is 1. The van der Waals surface area contributed by atoms with Crippen LogP contribution in [0, 0.1) is 6.92 Å². The van der Waals surface area contributed by atoms with Gasteiger partial charge in [0.25, 0.3) is 17.6 Å². The van der Waals surface area contributed by atoms with Crippen LogP contribution in [0.3, 0.4) is 0 Å². The molecule has 6 rings (SSSR count). The molecule has 0 aliphatic carbocycles. The number of benzene rings is 4. The molecule has 0 aromatic heterocycles. The predicted octanol–water partition coefficient (Wildman–Crippen LogP) is 5.42. The molecule has 4 aromatic rings. The first-order chi connectivity index (χ1) is 22.3. The highest BCUT2D eigenvalue weighted by Gasteiger charge is 2.39. The minimum absolute atomic E-state index is 0.0831. The fourth-order valence-corrected chi connectivity index (χ4v) is 5.96. The molecular formula is C36H33ClN4O5. The second-order valence-electron chi connectivity index (χ2n) is 11.3. The molecule has 2 aliphatic rings. The third-order valence-electron chi connectivity index (χ3n) is 8.35. The Balaban J connectivity index is 1.34. The Bertz CT molecular complexity index is 1770. The molecule has 2 heterocycles. The molecule has 1 saturated heterocycles. The highest BCUT2D eigenvalue weighted by atomic mass is 35.5. The summed E-state index contributed by atoms with van der Waals surface area (Å²) in [4.78, 5) is 59.2. The van der Waals surface area contributed by atoms with Gasteiger partial charge in [-0.15, -0.1) is 0 Å². The number of nitrogens with one attached hydrogen (secondary N) is 1. The van der Waals surface area contributed by atoms with Gasteiger partial charge in [0, 0.05) is 36.0 Å². The smallest absolute Gasteiger partial charge is 0.299 e. The van der Waals surface area contributed by atoms with Crippen LogP contribution in [0.2, 0.25) is 5.02 Å². The first-order valence-corrected chi connectivity index (χ1v) is 15.5. The normalized spacial score (nSPS) is 15.0. The number of carbonyl (C=O) groups is 4. The fourth-order valence-electron chi connectivity index (χ4n) is 5.83. The van der Waals surface area contributed by atoms with Crippen LogP contribution in [-0.4, -0.2) is 61.3 Å². The van der Waals surface area contributed by atoms with Gasteiger partial charge in [-0.25, -0.2) is 0 Å². The maximum absolute atomic E-state index is 14.3. The molecule has 3 amide bonds. The van der Waals surface area contributed by atoms with Crippen molar-refractivity contribution in [2.24, 2.45) is 0 Å². The number of amides is 3. The van der Waals surface area contributed by atoms with E-state index in [4.69, 9.17) is 16.3 Å². The topological polar surface area (TPSA) is 99.3 Å². The first-order valence-electron chi connectivity index (χ1n) is 15.1. The zero-order valence-corrected chi connectivity index (χ0v) is 26.1. The lowest BCUT2D eigenvalue weighted by Gasteiger charge is -2.33. The molecule has 46 heavy (non-hydrogen) atoms. The molecule has 2 aliphatic heterocycles. The second kappa shape index (κ2) is 13.6. The van der Waals surface area contributed by atoms with Crippen molar-refractivity contribution in [1.82, 2.24) is 4.90 Å². The number of nitrogens with zero attached hydrogens (tertiary/aromatic N) is 3. The summed E-state index contributed by atoms with van der Waals surface area (Å²) in [5, 5.41) is 3.49. The largest absolute Gasteiger partial charge is 0.378 e. The molecule has 10 heteroatoms. The summed E-state index contributed by atoms with van der Waals surface area (Å²) < 4.78 is 5.46. The number of anilines is 3. The fraction of sp³-hybridized carbons (Fsp3) is 0.222. The SMILES string of the molecule is Cc1ccccc1CN(C(=O)CN1C(=O)C(=O)c2ccccc21)C(C(=O)Nc1ccc(N2CCOCC2)cc1)c1ccc(Cl)cc1. The van der Waals surface area contributed by atoms with Gasteiger partial charge in [0.15, 0.2) is 0 Å². The molecule has 1 fully saturated rings. The maximum atomic E-state index is 14.3. The summed E-state index contributed by atoms with van der Waals surface area (Å²) in [6.45, 7) is 4.50. The van der Waals surface area contributed by atoms with Gasteiger partial charge < -0.3 is 19.9 Å². The average molecular weight is 637 g/mol. The molecular weight excluding hydrogens is 604 g/mol. The lowest BCUT2D eigenvalue weighted by atomic mass is 10.0. The van der Waals surface area contributed by atoms with Crippen molar-refractivity contribution < 1.29 is 23.9 Å². The Morgan fingerprint density at radius 2 is 1.57 bits per heavy atom. The zero-order valence-electron chi connectivity index (χ0n) is 25.3. The lowest BCUT2D eigenvalue weighted by molar-refractivity contribution is -0.139. The predicted molar refractivity (Wildman–Crippen MR) is 177 cm³/mol. The summed E-state index contributed by atoms with van der Waals surface area (Å²) in [6.07, 6.45) is 0. The Morgan fingerprint density at radius 3 is 2.28 bits per heavy atom. The van der Waals surface area contributed by atoms with Crippen LogP contribution in [0.1, 0.15) is 33.1 Å². The number of hydrogen-bond donors (Lipinski definition) is 1. The van der Waals surface area contributed by atoms with E-state index in [9.17, 15) is 19.2 Å². The van der Waals surface area contributed by atoms with Gasteiger partial charge in [0.05, 0.1) is 24.5 Å². The molecule has 4 aromatic carbocycles. The molecule has 0 spiro atoms. The highest BCUT2D eigenvalue weighted by Crippen LogP contribution is 2.31. The summed E-state index contributed by atoms with van der Waals surface area (Å²) in [7, 11) is 0. The summed E-state index contributed by atoms with van der Waals surface area (Å²) in [6, 6.07) is 27.4. The van der Waals surface area contributed by atoms with Crippen molar-refractivity contribution in [3.05, 3.63) is 124 Å². The van der Waals surface area contributed by atoms with Crippen LogP contribution in [0.25, 0.3) is 0 Å². The Labute approximate surface area is 272 Å². The molecule has 1 atom stereocenters. The van der Waals surface area contributed by atoms with E-state index in [1.165, 1.54) is 9.80 Å². The molecule has 1 unspecified atom stereocenters. The number of aryl methyl sites for hydroxylation is 1. The number of ketones is 1. The van der Waals surface area contributed by atoms with Gasteiger partial charge in [-0.05, 0) is 72.1 Å². The molecule has 0 bridgehead atoms. The van der Waals surface area contributed by atoms with E-state index in [2.05, 4.69) is 10.2 Å². The average Bonchev–Trinajstić information content (AvgIpc) is 3.31. The van der Waals surface area contributed by atoms with Gasteiger partial charge in [-0.1, -0.05) is 60.1 Å². The van der Waals surface area contributed by atoms with Crippen molar-refractivity contribution >= 4 is 52.2 Å². The highest BCUT2D eigenvalue weighted by molar-refractivity contribution is 6.52. The van der Waals surface area contributed by atoms with Crippen LogP contribution in [0.5, 0.6) is 0 Å². The van der Waals surface area contributed by atoms with Gasteiger partial charge in [-0.3, -0.25) is 24.1 Å². The Morgan fingerprint density at radius 1 is 0.891 bits per heavy atom. The second-order valence-corrected chi connectivity index (χ2v) is 11.7. The third kappa shape index (κ3) is 6.51. The number of hydrogen-bond acceptors (Lipinski definition) is 6. The van der Waals surface area contributed by atoms with E-state index in [0.717, 1.165) is 29.9 Å². The number of para-hydroxylation sites is 1. The minimum atomic E-state index is -1.09. The third-order valence-corrected chi connectivity index (χ3v) is 8.60. The number of ether oxygens (including phenoxy) is 1. The quantitative estimate of drug-likeness (QED) is 0.246. The molecule has 0 radical (unpaired) electrons. The molecule has 9 nitrogen and oxygen atoms in total. The summed E-state index contributed by atoms with van der Waals surface area (Å²) in [5.74, 6) is -2.38. The minimum Gasteiger partial charge on any atom is -0.378 e. The van der Waals surface area contributed by atoms with E-state index in [0.29, 0.717) is 35.2 Å². The van der Waals surface area contributed by atoms with Gasteiger partial charge in [0.2, 0.25) is 5.91 Å². The van der Waals surface area contributed by atoms with Crippen LogP contribution >= 0.6 is 11.6 Å². The Kier molecular flexibility index (Phi) is 9.14. The van der Waals surface area contributed by atoms with Gasteiger partial charge in [0.1, 0.15) is 12.6 Å². The monoisotopic (exact) mass is 636 g/mol. The van der Waals surface area contributed by atoms with Crippen molar-refractivity contribution in [3.8, 4) is 0 Å². The number of fused-ring (bicyclic) bond motifs is 1. The first kappa shape index (κ1) is 31.0. The lowest BCUT2D eigenvalue weighted by Crippen LogP contribution is -2.46. The summed E-state index contributed by atoms with van der Waals surface area (Å²) >= 11 is 6.22. The van der Waals surface area contributed by atoms with E-state index >= 15 is 0 Å². The molecule has 0 saturated carbocycles. The van der Waals surface area contributed by atoms with E-state index < -0.39 is 36.1 Å². The number of rotatable bonds is 9. The van der Waals surface area contributed by atoms with Crippen molar-refractivity contribution in [2.45, 2.75) is 19.5 Å². The van der Waals surface area contributed by atoms with E-state index in [-0.39, 0.29) is 12.1 Å². The maximum Gasteiger partial charge on any atom is 0.299 e. The van der Waals surface area contributed by atoms with Crippen molar-refractivity contribution in [3.63, 3.8) is 0 Å². The Hall–Kier alpha value is -4.99. The molecule has 1 N–H and O–H groups in total. The van der Waals surface area contributed by atoms with Crippen molar-refractivity contribution in [1.29, 1.82) is 0 Å². The van der Waals surface area contributed by atoms with Gasteiger partial charge in [-0.2, -0.15) is 0 Å². The van der Waals surface area contributed by atoms with E-state index in [1.54, 1.807) is 48.5 Å². The summed E-state index contributed by atoms with van der Waals surface area (Å²) in [5.41, 5.74) is 4.52. The van der Waals surface area contributed by atoms with Gasteiger partial charge >= 0.3 is 0 Å². The van der Waals surface area contributed by atoms with E-state index in [1.807, 2.05) is 55.5 Å². The van der Waals surface area contributed by atoms with Crippen LogP contribution < -0.4 is 15.1 Å². The van der Waals surface area contributed by atoms with Crippen LogP contribution in [0.15, 0.2) is 97.1 Å². The van der Waals surface area contributed by atoms with Crippen LogP contribution in [0.4, 0.5) is 17.1 Å². The zero-order chi connectivity index (χ0) is 32.2. The molecule has 234 valence electrons.